The fourth-order valence-corrected chi connectivity index (χ4v) is 3.69. The van der Waals surface area contributed by atoms with Crippen LogP contribution in [0.1, 0.15) is 38.2 Å². The van der Waals surface area contributed by atoms with Gasteiger partial charge in [-0.25, -0.2) is 9.97 Å². The lowest BCUT2D eigenvalue weighted by molar-refractivity contribution is 0.0626. The molecule has 1 aromatic heterocycles. The molecule has 1 N–H and O–H groups in total. The Morgan fingerprint density at radius 3 is 2.79 bits per heavy atom. The van der Waals surface area contributed by atoms with E-state index < -0.39 is 0 Å². The van der Waals surface area contributed by atoms with E-state index in [0.29, 0.717) is 12.5 Å². The van der Waals surface area contributed by atoms with Crippen LogP contribution in [-0.4, -0.2) is 34.8 Å². The molecular weight excluding hydrogens is 238 g/mol. The molecule has 1 aliphatic carbocycles. The quantitative estimate of drug-likeness (QED) is 0.904. The van der Waals surface area contributed by atoms with Gasteiger partial charge >= 0.3 is 0 Å². The summed E-state index contributed by atoms with van der Waals surface area (Å²) in [5.74, 6) is 1.44. The number of hydrogen-bond donors (Lipinski definition) is 1. The second-order valence-electron chi connectivity index (χ2n) is 6.09. The summed E-state index contributed by atoms with van der Waals surface area (Å²) < 4.78 is 0. The average Bonchev–Trinajstić information content (AvgIpc) is 2.87. The Hall–Kier alpha value is -1.16. The smallest absolute Gasteiger partial charge is 0.225 e. The van der Waals surface area contributed by atoms with Gasteiger partial charge < -0.3 is 10.0 Å². The van der Waals surface area contributed by atoms with E-state index in [2.05, 4.69) is 21.8 Å². The van der Waals surface area contributed by atoms with Crippen LogP contribution in [0.25, 0.3) is 0 Å². The van der Waals surface area contributed by atoms with Crippen LogP contribution in [0, 0.1) is 11.3 Å². The Bertz CT molecular complexity index is 434. The van der Waals surface area contributed by atoms with Crippen LogP contribution in [0.4, 0.5) is 5.95 Å². The Labute approximate surface area is 114 Å². The lowest BCUT2D eigenvalue weighted by Gasteiger charge is -2.36. The predicted molar refractivity (Wildman–Crippen MR) is 75.1 cm³/mol. The zero-order valence-electron chi connectivity index (χ0n) is 11.7. The van der Waals surface area contributed by atoms with E-state index in [0.717, 1.165) is 31.9 Å². The fourth-order valence-electron chi connectivity index (χ4n) is 3.69. The van der Waals surface area contributed by atoms with Gasteiger partial charge in [-0.1, -0.05) is 19.8 Å². The molecule has 2 unspecified atom stereocenters. The zero-order chi connectivity index (χ0) is 13.3. The van der Waals surface area contributed by atoms with Crippen LogP contribution >= 0.6 is 0 Å². The maximum atomic E-state index is 9.83. The maximum absolute atomic E-state index is 9.83. The summed E-state index contributed by atoms with van der Waals surface area (Å²) in [5, 5.41) is 9.83. The number of aliphatic hydroxyl groups excluding tert-OH is 1. The van der Waals surface area contributed by atoms with Crippen molar-refractivity contribution in [2.75, 3.05) is 24.6 Å². The van der Waals surface area contributed by atoms with Crippen molar-refractivity contribution >= 4 is 5.95 Å². The molecule has 2 atom stereocenters. The van der Waals surface area contributed by atoms with E-state index in [4.69, 9.17) is 0 Å². The molecule has 0 bridgehead atoms. The first-order chi connectivity index (χ1) is 9.27. The summed E-state index contributed by atoms with van der Waals surface area (Å²) in [5.41, 5.74) is 1.28. The summed E-state index contributed by atoms with van der Waals surface area (Å²) >= 11 is 0. The number of hydrogen-bond acceptors (Lipinski definition) is 4. The minimum atomic E-state index is 0.102. The van der Waals surface area contributed by atoms with Gasteiger partial charge in [-0.05, 0) is 30.7 Å². The normalized spacial score (nSPS) is 30.4. The van der Waals surface area contributed by atoms with Gasteiger partial charge in [-0.15, -0.1) is 0 Å². The topological polar surface area (TPSA) is 49.2 Å². The molecule has 2 fully saturated rings. The highest BCUT2D eigenvalue weighted by atomic mass is 16.3. The Morgan fingerprint density at radius 1 is 1.37 bits per heavy atom. The van der Waals surface area contributed by atoms with Gasteiger partial charge in [0.05, 0.1) is 6.61 Å². The summed E-state index contributed by atoms with van der Waals surface area (Å²) in [4.78, 5) is 11.2. The summed E-state index contributed by atoms with van der Waals surface area (Å²) in [7, 11) is 0. The molecule has 4 heteroatoms. The standard InChI is InChI=1S/C15H23N3O/c1-2-12-7-16-14(17-8-12)18-9-13-5-3-4-6-15(13,10-18)11-19/h7-8,13,19H,2-6,9-11H2,1H3. The van der Waals surface area contributed by atoms with E-state index in [1.165, 1.54) is 24.8 Å². The van der Waals surface area contributed by atoms with Crippen molar-refractivity contribution in [2.45, 2.75) is 39.0 Å². The number of aryl methyl sites for hydroxylation is 1. The van der Waals surface area contributed by atoms with Gasteiger partial charge in [0.25, 0.3) is 0 Å². The Morgan fingerprint density at radius 2 is 2.16 bits per heavy atom. The molecule has 2 heterocycles. The molecule has 4 nitrogen and oxygen atoms in total. The molecule has 104 valence electrons. The lowest BCUT2D eigenvalue weighted by Crippen LogP contribution is -2.37. The van der Waals surface area contributed by atoms with Crippen molar-refractivity contribution < 1.29 is 5.11 Å². The van der Waals surface area contributed by atoms with Gasteiger partial charge in [0.2, 0.25) is 5.95 Å². The maximum Gasteiger partial charge on any atom is 0.225 e. The number of fused-ring (bicyclic) bond motifs is 1. The van der Waals surface area contributed by atoms with Crippen LogP contribution in [0.5, 0.6) is 0 Å². The van der Waals surface area contributed by atoms with Crippen molar-refractivity contribution in [2.24, 2.45) is 11.3 Å². The molecule has 2 aliphatic rings. The first-order valence-corrected chi connectivity index (χ1v) is 7.44. The monoisotopic (exact) mass is 261 g/mol. The number of nitrogens with zero attached hydrogens (tertiary/aromatic N) is 3. The molecule has 0 radical (unpaired) electrons. The lowest BCUT2D eigenvalue weighted by atomic mass is 9.69. The zero-order valence-corrected chi connectivity index (χ0v) is 11.7. The minimum absolute atomic E-state index is 0.102. The Kier molecular flexibility index (Phi) is 3.44. The van der Waals surface area contributed by atoms with E-state index in [-0.39, 0.29) is 5.41 Å². The molecule has 0 aromatic carbocycles. The number of rotatable bonds is 3. The predicted octanol–water partition coefficient (Wildman–Crippen LogP) is 2.03. The largest absolute Gasteiger partial charge is 0.396 e. The van der Waals surface area contributed by atoms with Gasteiger partial charge in [-0.2, -0.15) is 0 Å². The van der Waals surface area contributed by atoms with E-state index in [1.807, 2.05) is 12.4 Å². The van der Waals surface area contributed by atoms with Crippen LogP contribution < -0.4 is 4.90 Å². The van der Waals surface area contributed by atoms with Crippen LogP contribution in [0.3, 0.4) is 0 Å². The number of anilines is 1. The summed E-state index contributed by atoms with van der Waals surface area (Å²) in [6.07, 6.45) is 9.77. The second kappa shape index (κ2) is 5.08. The van der Waals surface area contributed by atoms with Crippen molar-refractivity contribution in [1.29, 1.82) is 0 Å². The molecule has 1 saturated carbocycles. The third-order valence-corrected chi connectivity index (χ3v) is 4.99. The molecule has 19 heavy (non-hydrogen) atoms. The first kappa shape index (κ1) is 12.9. The molecule has 0 spiro atoms. The number of aliphatic hydroxyl groups is 1. The number of aromatic nitrogens is 2. The molecule has 3 rings (SSSR count). The van der Waals surface area contributed by atoms with Gasteiger partial charge in [0.1, 0.15) is 0 Å². The first-order valence-electron chi connectivity index (χ1n) is 7.44. The summed E-state index contributed by atoms with van der Waals surface area (Å²) in [6.45, 7) is 4.34. The molecule has 1 aliphatic heterocycles. The molecule has 1 aromatic rings. The third kappa shape index (κ3) is 2.22. The van der Waals surface area contributed by atoms with Crippen molar-refractivity contribution in [3.8, 4) is 0 Å². The van der Waals surface area contributed by atoms with Crippen LogP contribution in [-0.2, 0) is 6.42 Å². The van der Waals surface area contributed by atoms with E-state index >= 15 is 0 Å². The van der Waals surface area contributed by atoms with E-state index in [9.17, 15) is 5.11 Å². The van der Waals surface area contributed by atoms with Crippen molar-refractivity contribution in [3.05, 3.63) is 18.0 Å². The molecular formula is C15H23N3O. The molecule has 0 amide bonds. The van der Waals surface area contributed by atoms with Crippen LogP contribution in [0.15, 0.2) is 12.4 Å². The molecule has 1 saturated heterocycles. The van der Waals surface area contributed by atoms with Gasteiger partial charge in [0, 0.05) is 30.9 Å². The van der Waals surface area contributed by atoms with Crippen molar-refractivity contribution in [3.63, 3.8) is 0 Å². The third-order valence-electron chi connectivity index (χ3n) is 4.99. The van der Waals surface area contributed by atoms with E-state index in [1.54, 1.807) is 0 Å². The Balaban J connectivity index is 1.79. The SMILES string of the molecule is CCc1cnc(N2CC3CCCCC3(CO)C2)nc1. The van der Waals surface area contributed by atoms with Gasteiger partial charge in [0.15, 0.2) is 0 Å². The average molecular weight is 261 g/mol. The summed E-state index contributed by atoms with van der Waals surface area (Å²) in [6, 6.07) is 0. The fraction of sp³-hybridized carbons (Fsp3) is 0.733. The van der Waals surface area contributed by atoms with Gasteiger partial charge in [-0.3, -0.25) is 0 Å². The second-order valence-corrected chi connectivity index (χ2v) is 6.09. The highest BCUT2D eigenvalue weighted by Gasteiger charge is 2.47. The van der Waals surface area contributed by atoms with Crippen molar-refractivity contribution in [1.82, 2.24) is 9.97 Å². The highest BCUT2D eigenvalue weighted by Crippen LogP contribution is 2.46. The minimum Gasteiger partial charge on any atom is -0.396 e. The highest BCUT2D eigenvalue weighted by molar-refractivity contribution is 5.34. The van der Waals surface area contributed by atoms with Crippen LogP contribution in [0.2, 0.25) is 0 Å².